The van der Waals surface area contributed by atoms with Crippen LogP contribution in [0.3, 0.4) is 0 Å². The van der Waals surface area contributed by atoms with E-state index in [2.05, 4.69) is 4.99 Å². The van der Waals surface area contributed by atoms with Crippen molar-refractivity contribution in [1.29, 1.82) is 0 Å². The van der Waals surface area contributed by atoms with Crippen LogP contribution in [0.4, 0.5) is 0 Å². The van der Waals surface area contributed by atoms with Crippen molar-refractivity contribution in [2.75, 3.05) is 6.61 Å². The second kappa shape index (κ2) is 6.69. The average Bonchev–Trinajstić information content (AvgIpc) is 2.80. The van der Waals surface area contributed by atoms with Gasteiger partial charge in [-0.25, -0.2) is 4.79 Å². The molecule has 0 aliphatic heterocycles. The Kier molecular flexibility index (Phi) is 4.93. The molecule has 0 unspecified atom stereocenters. The minimum Gasteiger partial charge on any atom is -0.462 e. The molecule has 5 nitrogen and oxygen atoms in total. The summed E-state index contributed by atoms with van der Waals surface area (Å²) in [6.45, 7) is 3.61. The first kappa shape index (κ1) is 15.5. The fourth-order valence-electron chi connectivity index (χ4n) is 1.52. The van der Waals surface area contributed by atoms with Crippen LogP contribution in [0, 0.1) is 6.92 Å². The van der Waals surface area contributed by atoms with Gasteiger partial charge in [0.15, 0.2) is 4.88 Å². The van der Waals surface area contributed by atoms with E-state index in [9.17, 15) is 9.59 Å². The van der Waals surface area contributed by atoms with Crippen LogP contribution in [0.15, 0.2) is 33.7 Å². The van der Waals surface area contributed by atoms with Crippen LogP contribution in [0.5, 0.6) is 0 Å². The molecule has 7 heteroatoms. The number of rotatable bonds is 3. The van der Waals surface area contributed by atoms with Gasteiger partial charge in [0.2, 0.25) is 0 Å². The highest BCUT2D eigenvalue weighted by Gasteiger charge is 2.16. The number of amides is 1. The molecular weight excluding hydrogens is 314 g/mol. The standard InChI is InChI=1S/C14H12ClNO4S/c1-3-19-13(18)11-8(2)20-14(21-11)16-12(17)9-4-6-10(15)7-5-9/h4-7H,3H2,1-2H3. The lowest BCUT2D eigenvalue weighted by molar-refractivity contribution is 0.0529. The Labute approximate surface area is 129 Å². The van der Waals surface area contributed by atoms with Gasteiger partial charge in [-0.05, 0) is 38.1 Å². The number of esters is 1. The van der Waals surface area contributed by atoms with Gasteiger partial charge in [-0.15, -0.1) is 0 Å². The molecule has 0 radical (unpaired) electrons. The summed E-state index contributed by atoms with van der Waals surface area (Å²) in [5.74, 6) is -0.572. The Morgan fingerprint density at radius 2 is 2.00 bits per heavy atom. The van der Waals surface area contributed by atoms with Crippen molar-refractivity contribution in [3.63, 3.8) is 0 Å². The molecule has 110 valence electrons. The van der Waals surface area contributed by atoms with Gasteiger partial charge in [-0.3, -0.25) is 4.79 Å². The summed E-state index contributed by atoms with van der Waals surface area (Å²) < 4.78 is 10.2. The molecule has 0 spiro atoms. The number of nitrogens with zero attached hydrogens (tertiary/aromatic N) is 1. The van der Waals surface area contributed by atoms with E-state index in [4.69, 9.17) is 20.8 Å². The van der Waals surface area contributed by atoms with E-state index in [0.29, 0.717) is 21.2 Å². The van der Waals surface area contributed by atoms with Gasteiger partial charge in [0.1, 0.15) is 5.76 Å². The Hall–Kier alpha value is -1.92. The van der Waals surface area contributed by atoms with Crippen LogP contribution in [-0.4, -0.2) is 18.5 Å². The third-order valence-electron chi connectivity index (χ3n) is 2.49. The number of carbonyl (C=O) groups is 2. The maximum Gasteiger partial charge on any atom is 0.351 e. The largest absolute Gasteiger partial charge is 0.462 e. The van der Waals surface area contributed by atoms with Gasteiger partial charge in [0.05, 0.1) is 6.61 Å². The quantitative estimate of drug-likeness (QED) is 0.812. The molecule has 1 amide bonds. The highest BCUT2D eigenvalue weighted by Crippen LogP contribution is 2.13. The molecule has 2 rings (SSSR count). The first-order chi connectivity index (χ1) is 10.0. The number of benzene rings is 1. The SMILES string of the molecule is CCOC(=O)c1sc(=NC(=O)c2ccc(Cl)cc2)oc1C. The monoisotopic (exact) mass is 325 g/mol. The lowest BCUT2D eigenvalue weighted by Gasteiger charge is -1.96. The molecule has 0 N–H and O–H groups in total. The number of hydrogen-bond acceptors (Lipinski definition) is 5. The molecule has 0 saturated carbocycles. The van der Waals surface area contributed by atoms with Crippen LogP contribution in [0.2, 0.25) is 5.02 Å². The Balaban J connectivity index is 2.29. The summed E-state index contributed by atoms with van der Waals surface area (Å²) in [6, 6.07) is 6.35. The molecule has 0 bridgehead atoms. The van der Waals surface area contributed by atoms with Crippen LogP contribution >= 0.6 is 22.9 Å². The van der Waals surface area contributed by atoms with E-state index in [0.717, 1.165) is 11.3 Å². The third kappa shape index (κ3) is 3.80. The summed E-state index contributed by atoms with van der Waals surface area (Å²) >= 11 is 6.73. The molecule has 2 aromatic rings. The number of hydrogen-bond donors (Lipinski definition) is 0. The van der Waals surface area contributed by atoms with Gasteiger partial charge in [0, 0.05) is 10.6 Å². The molecule has 0 atom stereocenters. The maximum atomic E-state index is 12.0. The van der Waals surface area contributed by atoms with E-state index < -0.39 is 11.9 Å². The first-order valence-electron chi connectivity index (χ1n) is 6.13. The van der Waals surface area contributed by atoms with Crippen molar-refractivity contribution in [3.8, 4) is 0 Å². The third-order valence-corrected chi connectivity index (χ3v) is 3.75. The number of aryl methyl sites for hydroxylation is 1. The minimum absolute atomic E-state index is 0.107. The van der Waals surface area contributed by atoms with E-state index in [1.165, 1.54) is 0 Å². The topological polar surface area (TPSA) is 68.9 Å². The van der Waals surface area contributed by atoms with Gasteiger partial charge in [-0.1, -0.05) is 22.9 Å². The van der Waals surface area contributed by atoms with Crippen LogP contribution in [0.25, 0.3) is 0 Å². The van der Waals surface area contributed by atoms with E-state index in [1.54, 1.807) is 38.1 Å². The molecule has 1 aromatic carbocycles. The van der Waals surface area contributed by atoms with E-state index in [-0.39, 0.29) is 11.5 Å². The lowest BCUT2D eigenvalue weighted by atomic mass is 10.2. The highest BCUT2D eigenvalue weighted by atomic mass is 35.5. The highest BCUT2D eigenvalue weighted by molar-refractivity contribution is 7.11. The van der Waals surface area contributed by atoms with Gasteiger partial charge in [-0.2, -0.15) is 4.99 Å². The molecule has 0 aliphatic rings. The van der Waals surface area contributed by atoms with Crippen molar-refractivity contribution < 1.29 is 18.7 Å². The summed E-state index contributed by atoms with van der Waals surface area (Å²) in [7, 11) is 0. The van der Waals surface area contributed by atoms with Crippen molar-refractivity contribution in [2.24, 2.45) is 4.99 Å². The second-order valence-corrected chi connectivity index (χ2v) is 5.40. The van der Waals surface area contributed by atoms with Crippen LogP contribution in [0.1, 0.15) is 32.7 Å². The fourth-order valence-corrected chi connectivity index (χ4v) is 2.45. The zero-order chi connectivity index (χ0) is 15.4. The number of ether oxygens (including phenoxy) is 1. The second-order valence-electron chi connectivity index (χ2n) is 4.00. The number of carbonyl (C=O) groups excluding carboxylic acids is 2. The molecule has 0 fully saturated rings. The van der Waals surface area contributed by atoms with Gasteiger partial charge >= 0.3 is 5.97 Å². The van der Waals surface area contributed by atoms with Gasteiger partial charge in [0.25, 0.3) is 10.8 Å². The predicted molar refractivity (Wildman–Crippen MR) is 78.6 cm³/mol. The van der Waals surface area contributed by atoms with Crippen molar-refractivity contribution in [1.82, 2.24) is 0 Å². The smallest absolute Gasteiger partial charge is 0.351 e. The summed E-state index contributed by atoms with van der Waals surface area (Å²) in [6.07, 6.45) is 0. The zero-order valence-electron chi connectivity index (χ0n) is 11.4. The normalized spacial score (nSPS) is 11.5. The van der Waals surface area contributed by atoms with Crippen LogP contribution < -0.4 is 4.87 Å². The Morgan fingerprint density at radius 1 is 1.33 bits per heavy atom. The maximum absolute atomic E-state index is 12.0. The predicted octanol–water partition coefficient (Wildman–Crippen LogP) is 3.22. The minimum atomic E-state index is -0.482. The van der Waals surface area contributed by atoms with Gasteiger partial charge < -0.3 is 9.15 Å². The molecule has 1 heterocycles. The average molecular weight is 326 g/mol. The molecule has 0 aliphatic carbocycles. The van der Waals surface area contributed by atoms with Crippen molar-refractivity contribution in [2.45, 2.75) is 13.8 Å². The molecule has 1 aromatic heterocycles. The zero-order valence-corrected chi connectivity index (χ0v) is 13.0. The summed E-state index contributed by atoms with van der Waals surface area (Å²) in [5.41, 5.74) is 0.387. The van der Waals surface area contributed by atoms with Crippen molar-refractivity contribution in [3.05, 3.63) is 50.4 Å². The Morgan fingerprint density at radius 3 is 2.62 bits per heavy atom. The molecule has 21 heavy (non-hydrogen) atoms. The first-order valence-corrected chi connectivity index (χ1v) is 7.33. The summed E-state index contributed by atoms with van der Waals surface area (Å²) in [4.78, 5) is 27.9. The van der Waals surface area contributed by atoms with Crippen LogP contribution in [-0.2, 0) is 4.74 Å². The summed E-state index contributed by atoms with van der Waals surface area (Å²) in [5, 5.41) is 0.535. The molecular formula is C14H12ClNO4S. The Bertz CT molecular complexity index is 730. The fraction of sp³-hybridized carbons (Fsp3) is 0.214. The van der Waals surface area contributed by atoms with Crippen molar-refractivity contribution >= 4 is 34.8 Å². The van der Waals surface area contributed by atoms with E-state index in [1.807, 2.05) is 0 Å². The lowest BCUT2D eigenvalue weighted by Crippen LogP contribution is -2.04. The number of halogens is 1. The molecule has 0 saturated heterocycles. The van der Waals surface area contributed by atoms with E-state index >= 15 is 0 Å².